The third-order valence-corrected chi connectivity index (χ3v) is 6.76. The molecule has 2 atom stereocenters. The van der Waals surface area contributed by atoms with Crippen LogP contribution in [0.25, 0.3) is 11.1 Å². The molecule has 4 rings (SSSR count). The smallest absolute Gasteiger partial charge is 0.407 e. The largest absolute Gasteiger partial charge is 0.481 e. The molecule has 2 aromatic rings. The molecule has 0 radical (unpaired) electrons. The van der Waals surface area contributed by atoms with Gasteiger partial charge >= 0.3 is 12.1 Å². The predicted octanol–water partition coefficient (Wildman–Crippen LogP) is 3.64. The Bertz CT molecular complexity index is 1030. The number of ether oxygens (including phenoxy) is 2. The number of carbonyl (C=O) groups excluding carboxylic acids is 2. The van der Waals surface area contributed by atoms with Crippen LogP contribution in [0.1, 0.15) is 43.2 Å². The van der Waals surface area contributed by atoms with E-state index in [1.54, 1.807) is 4.90 Å². The number of rotatable bonds is 10. The topological polar surface area (TPSA) is 105 Å². The number of carboxylic acids is 1. The molecular weight excluding hydrogens is 448 g/mol. The number of fused-ring (bicyclic) bond motifs is 3. The summed E-state index contributed by atoms with van der Waals surface area (Å²) in [5, 5.41) is 11.6. The minimum absolute atomic E-state index is 0.000892. The molecule has 2 aromatic carbocycles. The maximum atomic E-state index is 12.8. The molecule has 35 heavy (non-hydrogen) atoms. The van der Waals surface area contributed by atoms with Crippen LogP contribution >= 0.6 is 0 Å². The van der Waals surface area contributed by atoms with Crippen molar-refractivity contribution in [3.8, 4) is 11.1 Å². The van der Waals surface area contributed by atoms with Gasteiger partial charge in [-0.15, -0.1) is 0 Å². The Morgan fingerprint density at radius 3 is 2.37 bits per heavy atom. The summed E-state index contributed by atoms with van der Waals surface area (Å²) in [5.74, 6) is -1.17. The molecule has 8 nitrogen and oxygen atoms in total. The fourth-order valence-corrected chi connectivity index (χ4v) is 4.97. The fourth-order valence-electron chi connectivity index (χ4n) is 4.97. The molecule has 0 spiro atoms. The van der Waals surface area contributed by atoms with Gasteiger partial charge in [-0.1, -0.05) is 48.5 Å². The first kappa shape index (κ1) is 24.7. The van der Waals surface area contributed by atoms with Crippen LogP contribution in [0.5, 0.6) is 0 Å². The molecule has 2 unspecified atom stereocenters. The van der Waals surface area contributed by atoms with Gasteiger partial charge in [-0.05, 0) is 42.0 Å². The highest BCUT2D eigenvalue weighted by atomic mass is 16.5. The minimum Gasteiger partial charge on any atom is -0.481 e. The molecule has 2 N–H and O–H groups in total. The summed E-state index contributed by atoms with van der Waals surface area (Å²) in [6.07, 6.45) is 0.210. The van der Waals surface area contributed by atoms with E-state index < -0.39 is 12.1 Å². The van der Waals surface area contributed by atoms with Crippen molar-refractivity contribution in [3.05, 3.63) is 59.7 Å². The summed E-state index contributed by atoms with van der Waals surface area (Å²) in [6.45, 7) is 3.63. The molecule has 2 amide bonds. The van der Waals surface area contributed by atoms with Gasteiger partial charge in [0.2, 0.25) is 5.91 Å². The molecule has 1 saturated heterocycles. The second-order valence-electron chi connectivity index (χ2n) is 9.01. The fraction of sp³-hybridized carbons (Fsp3) is 0.444. The minimum atomic E-state index is -0.864. The average Bonchev–Trinajstić information content (AvgIpc) is 3.46. The summed E-state index contributed by atoms with van der Waals surface area (Å²) in [5.41, 5.74) is 4.67. The van der Waals surface area contributed by atoms with Crippen molar-refractivity contribution in [2.24, 2.45) is 5.92 Å². The number of carboxylic acid groups (broad SMARTS) is 1. The lowest BCUT2D eigenvalue weighted by atomic mass is 9.98. The SMILES string of the molecule is CCN(CCCC(=O)O)C(=O)C1COC(CNC(=O)OCC2c3ccccc3-c3ccccc32)C1. The first-order valence-electron chi connectivity index (χ1n) is 12.2. The Labute approximate surface area is 205 Å². The highest BCUT2D eigenvalue weighted by molar-refractivity contribution is 5.80. The average molecular weight is 481 g/mol. The monoisotopic (exact) mass is 480 g/mol. The van der Waals surface area contributed by atoms with Gasteiger partial charge in [0, 0.05) is 32.0 Å². The summed E-state index contributed by atoms with van der Waals surface area (Å²) < 4.78 is 11.3. The number of nitrogens with one attached hydrogen (secondary N) is 1. The maximum Gasteiger partial charge on any atom is 0.407 e. The second-order valence-corrected chi connectivity index (χ2v) is 9.01. The van der Waals surface area contributed by atoms with Gasteiger partial charge in [0.25, 0.3) is 0 Å². The Hall–Kier alpha value is -3.39. The van der Waals surface area contributed by atoms with E-state index in [1.807, 2.05) is 31.2 Å². The summed E-state index contributed by atoms with van der Waals surface area (Å²) >= 11 is 0. The summed E-state index contributed by atoms with van der Waals surface area (Å²) in [6, 6.07) is 16.4. The number of alkyl carbamates (subject to hydrolysis) is 1. The molecule has 0 saturated carbocycles. The van der Waals surface area contributed by atoms with Gasteiger partial charge in [0.1, 0.15) is 6.61 Å². The van der Waals surface area contributed by atoms with Crippen molar-refractivity contribution in [1.82, 2.24) is 10.2 Å². The molecule has 2 aliphatic rings. The molecule has 0 bridgehead atoms. The summed E-state index contributed by atoms with van der Waals surface area (Å²) in [7, 11) is 0. The third kappa shape index (κ3) is 5.82. The molecular formula is C27H32N2O6. The van der Waals surface area contributed by atoms with Crippen LogP contribution in [0, 0.1) is 5.92 Å². The Morgan fingerprint density at radius 1 is 1.09 bits per heavy atom. The van der Waals surface area contributed by atoms with Crippen molar-refractivity contribution >= 4 is 18.0 Å². The molecule has 0 aromatic heterocycles. The lowest BCUT2D eigenvalue weighted by Gasteiger charge is -2.23. The molecule has 1 aliphatic heterocycles. The Morgan fingerprint density at radius 2 is 1.74 bits per heavy atom. The zero-order valence-corrected chi connectivity index (χ0v) is 19.9. The van der Waals surface area contributed by atoms with E-state index in [-0.39, 0.29) is 43.4 Å². The molecule has 186 valence electrons. The molecule has 1 heterocycles. The quantitative estimate of drug-likeness (QED) is 0.538. The van der Waals surface area contributed by atoms with Crippen molar-refractivity contribution in [2.45, 2.75) is 38.2 Å². The van der Waals surface area contributed by atoms with Crippen LogP contribution in [0.15, 0.2) is 48.5 Å². The van der Waals surface area contributed by atoms with E-state index in [1.165, 1.54) is 11.1 Å². The van der Waals surface area contributed by atoms with E-state index in [2.05, 4.69) is 29.6 Å². The van der Waals surface area contributed by atoms with Crippen LogP contribution in [0.2, 0.25) is 0 Å². The number of amides is 2. The number of benzene rings is 2. The number of nitrogens with zero attached hydrogens (tertiary/aromatic N) is 1. The van der Waals surface area contributed by atoms with Crippen LogP contribution in [0.4, 0.5) is 4.79 Å². The van der Waals surface area contributed by atoms with Crippen molar-refractivity contribution in [2.75, 3.05) is 32.8 Å². The van der Waals surface area contributed by atoms with E-state index in [0.29, 0.717) is 32.5 Å². The van der Waals surface area contributed by atoms with Gasteiger partial charge in [0.15, 0.2) is 0 Å². The molecule has 1 aliphatic carbocycles. The Balaban J connectivity index is 1.23. The lowest BCUT2D eigenvalue weighted by Crippen LogP contribution is -2.37. The number of hydrogen-bond donors (Lipinski definition) is 2. The first-order chi connectivity index (χ1) is 17.0. The Kier molecular flexibility index (Phi) is 8.02. The number of carbonyl (C=O) groups is 3. The van der Waals surface area contributed by atoms with E-state index in [4.69, 9.17) is 14.6 Å². The molecule has 1 fully saturated rings. The zero-order chi connectivity index (χ0) is 24.8. The second kappa shape index (κ2) is 11.4. The van der Waals surface area contributed by atoms with E-state index in [0.717, 1.165) is 11.1 Å². The van der Waals surface area contributed by atoms with Gasteiger partial charge in [0.05, 0.1) is 18.6 Å². The van der Waals surface area contributed by atoms with Crippen LogP contribution < -0.4 is 5.32 Å². The van der Waals surface area contributed by atoms with Gasteiger partial charge in [-0.3, -0.25) is 9.59 Å². The summed E-state index contributed by atoms with van der Waals surface area (Å²) in [4.78, 5) is 37.6. The van der Waals surface area contributed by atoms with Gasteiger partial charge in [-0.2, -0.15) is 0 Å². The standard InChI is InChI=1S/C27H32N2O6/c1-2-29(13-7-12-25(30)31)26(32)18-14-19(34-16-18)15-28-27(33)35-17-24-22-10-5-3-8-20(22)21-9-4-6-11-23(21)24/h3-6,8-11,18-19,24H,2,7,12-17H2,1H3,(H,28,33)(H,30,31). The van der Waals surface area contributed by atoms with Crippen LogP contribution in [-0.4, -0.2) is 66.9 Å². The van der Waals surface area contributed by atoms with Gasteiger partial charge in [-0.25, -0.2) is 4.79 Å². The van der Waals surface area contributed by atoms with Crippen LogP contribution in [-0.2, 0) is 19.1 Å². The van der Waals surface area contributed by atoms with Crippen molar-refractivity contribution in [1.29, 1.82) is 0 Å². The van der Waals surface area contributed by atoms with Crippen molar-refractivity contribution in [3.63, 3.8) is 0 Å². The van der Waals surface area contributed by atoms with Crippen LogP contribution in [0.3, 0.4) is 0 Å². The van der Waals surface area contributed by atoms with E-state index >= 15 is 0 Å². The zero-order valence-electron chi connectivity index (χ0n) is 19.9. The predicted molar refractivity (Wildman–Crippen MR) is 130 cm³/mol. The molecule has 8 heteroatoms. The van der Waals surface area contributed by atoms with Crippen molar-refractivity contribution < 1.29 is 29.0 Å². The highest BCUT2D eigenvalue weighted by Crippen LogP contribution is 2.44. The van der Waals surface area contributed by atoms with E-state index in [9.17, 15) is 14.4 Å². The third-order valence-electron chi connectivity index (χ3n) is 6.76. The maximum absolute atomic E-state index is 12.8. The first-order valence-corrected chi connectivity index (χ1v) is 12.2. The highest BCUT2D eigenvalue weighted by Gasteiger charge is 2.34. The lowest BCUT2D eigenvalue weighted by molar-refractivity contribution is -0.139. The number of hydrogen-bond acceptors (Lipinski definition) is 5. The number of aliphatic carboxylic acids is 1. The van der Waals surface area contributed by atoms with Gasteiger partial charge < -0.3 is 24.8 Å². The normalized spacial score (nSPS) is 18.5.